The van der Waals surface area contributed by atoms with E-state index < -0.39 is 11.7 Å². The first-order chi connectivity index (χ1) is 9.52. The van der Waals surface area contributed by atoms with Gasteiger partial charge in [-0.2, -0.15) is 13.2 Å². The molecule has 3 rings (SSSR count). The smallest absolute Gasteiger partial charge is 0.314 e. The maximum absolute atomic E-state index is 12.7. The Morgan fingerprint density at radius 2 is 2.10 bits per heavy atom. The van der Waals surface area contributed by atoms with Gasteiger partial charge in [-0.15, -0.1) is 0 Å². The average molecular weight is 283 g/mol. The third-order valence-corrected chi connectivity index (χ3v) is 3.70. The van der Waals surface area contributed by atoms with Gasteiger partial charge >= 0.3 is 6.18 Å². The second-order valence-corrected chi connectivity index (χ2v) is 5.26. The number of nitrogens with zero attached hydrogens (tertiary/aromatic N) is 2. The Morgan fingerprint density at radius 1 is 1.25 bits per heavy atom. The fourth-order valence-electron chi connectivity index (χ4n) is 2.66. The van der Waals surface area contributed by atoms with E-state index in [1.54, 1.807) is 6.20 Å². The van der Waals surface area contributed by atoms with Crippen molar-refractivity contribution in [1.29, 1.82) is 0 Å². The maximum atomic E-state index is 12.7. The molecule has 1 aliphatic rings. The number of fused-ring (bicyclic) bond motifs is 1. The van der Waals surface area contributed by atoms with Gasteiger partial charge in [-0.05, 0) is 31.5 Å². The number of hydrogen-bond acceptors (Lipinski definition) is 2. The lowest BCUT2D eigenvalue weighted by Crippen LogP contribution is -2.35. The minimum absolute atomic E-state index is 0.385. The predicted octanol–water partition coefficient (Wildman–Crippen LogP) is 3.04. The molecule has 0 amide bonds. The largest absolute Gasteiger partial charge is 0.417 e. The van der Waals surface area contributed by atoms with Gasteiger partial charge < -0.3 is 9.72 Å². The second-order valence-electron chi connectivity index (χ2n) is 5.26. The molecular formula is C14H16F3N3. The summed E-state index contributed by atoms with van der Waals surface area (Å²) in [5, 5.41) is 3.42. The second kappa shape index (κ2) is 5.09. The summed E-state index contributed by atoms with van der Waals surface area (Å²) < 4.78 is 39.4. The molecule has 1 aliphatic heterocycles. The number of nitrogens with one attached hydrogen (secondary N) is 1. The van der Waals surface area contributed by atoms with Crippen molar-refractivity contribution >= 4 is 5.65 Å². The summed E-state index contributed by atoms with van der Waals surface area (Å²) in [5.74, 6) is 0. The van der Waals surface area contributed by atoms with Crippen molar-refractivity contribution in [2.75, 3.05) is 6.54 Å². The molecule has 1 atom stereocenters. The number of rotatable bonds is 2. The Bertz CT molecular complexity index is 597. The minimum Gasteiger partial charge on any atom is -0.314 e. The first kappa shape index (κ1) is 13.4. The van der Waals surface area contributed by atoms with E-state index in [0.717, 1.165) is 37.3 Å². The quantitative estimate of drug-likeness (QED) is 0.918. The summed E-state index contributed by atoms with van der Waals surface area (Å²) in [6, 6.07) is 2.88. The van der Waals surface area contributed by atoms with E-state index in [1.807, 2.05) is 0 Å². The highest BCUT2D eigenvalue weighted by Crippen LogP contribution is 2.29. The van der Waals surface area contributed by atoms with Crippen LogP contribution < -0.4 is 5.32 Å². The molecule has 2 aromatic heterocycles. The Hall–Kier alpha value is -1.56. The van der Waals surface area contributed by atoms with Gasteiger partial charge in [-0.1, -0.05) is 6.42 Å². The maximum Gasteiger partial charge on any atom is 0.417 e. The molecule has 0 aliphatic carbocycles. The van der Waals surface area contributed by atoms with Crippen LogP contribution in [0.25, 0.3) is 5.65 Å². The number of piperidine rings is 1. The zero-order chi connectivity index (χ0) is 14.2. The molecule has 1 saturated heterocycles. The van der Waals surface area contributed by atoms with Crippen molar-refractivity contribution in [3.05, 3.63) is 35.8 Å². The molecule has 2 aromatic rings. The SMILES string of the molecule is FC(F)(F)c1ccc2nc(C[C@@H]3CCCCN3)cn2c1. The number of aromatic nitrogens is 2. The van der Waals surface area contributed by atoms with Crippen molar-refractivity contribution < 1.29 is 13.2 Å². The predicted molar refractivity (Wildman–Crippen MR) is 69.5 cm³/mol. The van der Waals surface area contributed by atoms with Crippen LogP contribution in [0, 0.1) is 0 Å². The van der Waals surface area contributed by atoms with Gasteiger partial charge in [0.15, 0.2) is 0 Å². The van der Waals surface area contributed by atoms with Gasteiger partial charge in [0.2, 0.25) is 0 Å². The number of alkyl halides is 3. The van der Waals surface area contributed by atoms with Gasteiger partial charge in [0.05, 0.1) is 11.3 Å². The molecule has 108 valence electrons. The monoisotopic (exact) mass is 283 g/mol. The minimum atomic E-state index is -4.32. The highest BCUT2D eigenvalue weighted by atomic mass is 19.4. The van der Waals surface area contributed by atoms with Gasteiger partial charge in [0.25, 0.3) is 0 Å². The number of halogens is 3. The molecule has 6 heteroatoms. The standard InChI is InChI=1S/C14H16F3N3/c15-14(16,17)10-4-5-13-19-12(9-20(13)8-10)7-11-3-1-2-6-18-11/h4-5,8-9,11,18H,1-3,6-7H2/t11-/m0/s1. The highest BCUT2D eigenvalue weighted by molar-refractivity contribution is 5.42. The first-order valence-electron chi connectivity index (χ1n) is 6.80. The molecule has 1 N–H and O–H groups in total. The molecule has 1 fully saturated rings. The van der Waals surface area contributed by atoms with E-state index in [0.29, 0.717) is 11.7 Å². The van der Waals surface area contributed by atoms with Crippen LogP contribution in [0.1, 0.15) is 30.5 Å². The normalized spacial score (nSPS) is 20.4. The summed E-state index contributed by atoms with van der Waals surface area (Å²) in [5.41, 5.74) is 0.747. The van der Waals surface area contributed by atoms with E-state index in [1.165, 1.54) is 23.3 Å². The Morgan fingerprint density at radius 3 is 2.80 bits per heavy atom. The molecule has 0 bridgehead atoms. The number of pyridine rings is 1. The lowest BCUT2D eigenvalue weighted by atomic mass is 10.0. The summed E-state index contributed by atoms with van der Waals surface area (Å²) in [4.78, 5) is 4.39. The highest BCUT2D eigenvalue weighted by Gasteiger charge is 2.30. The molecular weight excluding hydrogens is 267 g/mol. The molecule has 0 radical (unpaired) electrons. The molecule has 3 nitrogen and oxygen atoms in total. The van der Waals surface area contributed by atoms with E-state index in [4.69, 9.17) is 0 Å². The van der Waals surface area contributed by atoms with Crippen LogP contribution in [0.2, 0.25) is 0 Å². The molecule has 3 heterocycles. The fraction of sp³-hybridized carbons (Fsp3) is 0.500. The van der Waals surface area contributed by atoms with E-state index in [-0.39, 0.29) is 0 Å². The molecule has 0 unspecified atom stereocenters. The van der Waals surface area contributed by atoms with Crippen LogP contribution in [0.15, 0.2) is 24.5 Å². The Balaban J connectivity index is 1.83. The van der Waals surface area contributed by atoms with Gasteiger partial charge in [-0.25, -0.2) is 4.98 Å². The first-order valence-corrected chi connectivity index (χ1v) is 6.80. The summed E-state index contributed by atoms with van der Waals surface area (Å²) in [6.45, 7) is 1.01. The van der Waals surface area contributed by atoms with E-state index in [2.05, 4.69) is 10.3 Å². The van der Waals surface area contributed by atoms with Crippen LogP contribution in [0.4, 0.5) is 13.2 Å². The summed E-state index contributed by atoms with van der Waals surface area (Å²) in [6.07, 6.45) is 2.73. The lowest BCUT2D eigenvalue weighted by Gasteiger charge is -2.22. The molecule has 20 heavy (non-hydrogen) atoms. The van der Waals surface area contributed by atoms with E-state index in [9.17, 15) is 13.2 Å². The van der Waals surface area contributed by atoms with Gasteiger partial charge in [0, 0.05) is 24.9 Å². The van der Waals surface area contributed by atoms with Crippen molar-refractivity contribution in [1.82, 2.24) is 14.7 Å². The van der Waals surface area contributed by atoms with Crippen LogP contribution >= 0.6 is 0 Å². The molecule has 0 spiro atoms. The lowest BCUT2D eigenvalue weighted by molar-refractivity contribution is -0.137. The fourth-order valence-corrected chi connectivity index (χ4v) is 2.66. The van der Waals surface area contributed by atoms with Crippen molar-refractivity contribution in [3.8, 4) is 0 Å². The zero-order valence-electron chi connectivity index (χ0n) is 11.0. The van der Waals surface area contributed by atoms with Crippen molar-refractivity contribution in [3.63, 3.8) is 0 Å². The van der Waals surface area contributed by atoms with Crippen LogP contribution in [0.5, 0.6) is 0 Å². The van der Waals surface area contributed by atoms with Crippen molar-refractivity contribution in [2.24, 2.45) is 0 Å². The van der Waals surface area contributed by atoms with Gasteiger partial charge in [0.1, 0.15) is 5.65 Å². The zero-order valence-corrected chi connectivity index (χ0v) is 11.0. The molecule has 0 aromatic carbocycles. The van der Waals surface area contributed by atoms with Gasteiger partial charge in [-0.3, -0.25) is 0 Å². The summed E-state index contributed by atoms with van der Waals surface area (Å²) >= 11 is 0. The molecule has 0 saturated carbocycles. The van der Waals surface area contributed by atoms with Crippen LogP contribution in [-0.2, 0) is 12.6 Å². The Kier molecular flexibility index (Phi) is 3.41. The number of imidazole rings is 1. The average Bonchev–Trinajstić information content (AvgIpc) is 2.80. The third kappa shape index (κ3) is 2.80. The Labute approximate surface area is 114 Å². The van der Waals surface area contributed by atoms with Crippen LogP contribution in [0.3, 0.4) is 0 Å². The number of hydrogen-bond donors (Lipinski definition) is 1. The topological polar surface area (TPSA) is 29.3 Å². The van der Waals surface area contributed by atoms with Crippen molar-refractivity contribution in [2.45, 2.75) is 37.9 Å². The van der Waals surface area contributed by atoms with E-state index >= 15 is 0 Å². The summed E-state index contributed by atoms with van der Waals surface area (Å²) in [7, 11) is 0. The third-order valence-electron chi connectivity index (χ3n) is 3.70. The van der Waals surface area contributed by atoms with Crippen LogP contribution in [-0.4, -0.2) is 22.0 Å².